The average molecular weight is 349 g/mol. The van der Waals surface area contributed by atoms with E-state index in [0.29, 0.717) is 18.5 Å². The van der Waals surface area contributed by atoms with Crippen molar-refractivity contribution in [3.05, 3.63) is 46.5 Å². The van der Waals surface area contributed by atoms with Crippen LogP contribution in [0.2, 0.25) is 0 Å². The second-order valence-corrected chi connectivity index (χ2v) is 7.55. The smallest absolute Gasteiger partial charge is 0.167 e. The summed E-state index contributed by atoms with van der Waals surface area (Å²) in [6.07, 6.45) is 1.12. The van der Waals surface area contributed by atoms with Crippen LogP contribution in [-0.2, 0) is 10.5 Å². The van der Waals surface area contributed by atoms with Crippen molar-refractivity contribution in [3.63, 3.8) is 0 Å². The van der Waals surface area contributed by atoms with E-state index < -0.39 is 0 Å². The standard InChI is InChI=1S/C20H32N2OS/c1-6-19(15(2)3)12-22(14-21)16(4)20(17(5)23)24-13-18-10-8-7-9-11-18/h7-11,15,19H,6,12-14,21H2,1-5H3/b20-16-. The quantitative estimate of drug-likeness (QED) is 0.494. The summed E-state index contributed by atoms with van der Waals surface area (Å²) in [6.45, 7) is 11.7. The van der Waals surface area contributed by atoms with Crippen molar-refractivity contribution in [2.45, 2.75) is 46.8 Å². The van der Waals surface area contributed by atoms with Crippen LogP contribution in [0.25, 0.3) is 0 Å². The number of nitrogens with two attached hydrogens (primary N) is 1. The molecule has 1 atom stereocenters. The number of allylic oxidation sites excluding steroid dienone is 2. The van der Waals surface area contributed by atoms with Crippen LogP contribution in [0.1, 0.15) is 46.6 Å². The van der Waals surface area contributed by atoms with E-state index >= 15 is 0 Å². The molecule has 0 aromatic heterocycles. The fourth-order valence-electron chi connectivity index (χ4n) is 2.78. The molecule has 134 valence electrons. The van der Waals surface area contributed by atoms with Gasteiger partial charge in [-0.15, -0.1) is 11.8 Å². The van der Waals surface area contributed by atoms with Gasteiger partial charge in [0.15, 0.2) is 5.78 Å². The molecule has 3 nitrogen and oxygen atoms in total. The van der Waals surface area contributed by atoms with Crippen molar-refractivity contribution in [3.8, 4) is 0 Å². The molecule has 0 bridgehead atoms. The number of Topliss-reactive ketones (excluding diaryl/α,β-unsaturated/α-hetero) is 1. The van der Waals surface area contributed by atoms with Gasteiger partial charge in [-0.2, -0.15) is 0 Å². The van der Waals surface area contributed by atoms with E-state index in [4.69, 9.17) is 5.73 Å². The van der Waals surface area contributed by atoms with E-state index in [1.54, 1.807) is 18.7 Å². The topological polar surface area (TPSA) is 46.3 Å². The molecule has 1 aromatic carbocycles. The molecule has 0 aliphatic carbocycles. The maximum atomic E-state index is 12.2. The first-order valence-electron chi connectivity index (χ1n) is 8.74. The normalized spacial score (nSPS) is 13.6. The van der Waals surface area contributed by atoms with Crippen molar-refractivity contribution >= 4 is 17.5 Å². The number of rotatable bonds is 10. The molecular formula is C20H32N2OS. The molecule has 0 heterocycles. The van der Waals surface area contributed by atoms with Crippen LogP contribution in [0.3, 0.4) is 0 Å². The number of thioether (sulfide) groups is 1. The van der Waals surface area contributed by atoms with E-state index in [2.05, 4.69) is 37.8 Å². The molecule has 0 radical (unpaired) electrons. The Hall–Kier alpha value is -1.26. The number of hydrogen-bond donors (Lipinski definition) is 1. The highest BCUT2D eigenvalue weighted by Crippen LogP contribution is 2.28. The maximum Gasteiger partial charge on any atom is 0.167 e. The summed E-state index contributed by atoms with van der Waals surface area (Å²) in [4.78, 5) is 15.1. The largest absolute Gasteiger partial charge is 0.361 e. The molecule has 1 unspecified atom stereocenters. The fourth-order valence-corrected chi connectivity index (χ4v) is 3.82. The van der Waals surface area contributed by atoms with Gasteiger partial charge in [0, 0.05) is 18.0 Å². The Balaban J connectivity index is 2.92. The number of benzene rings is 1. The minimum atomic E-state index is 0.115. The molecule has 0 saturated heterocycles. The molecule has 0 spiro atoms. The Morgan fingerprint density at radius 1 is 1.21 bits per heavy atom. The molecule has 1 aromatic rings. The van der Waals surface area contributed by atoms with Gasteiger partial charge in [-0.05, 0) is 31.2 Å². The zero-order valence-corrected chi connectivity index (χ0v) is 16.5. The Bertz CT molecular complexity index is 540. The Labute approximate surface area is 151 Å². The molecule has 1 rings (SSSR count). The first-order chi connectivity index (χ1) is 11.4. The van der Waals surface area contributed by atoms with E-state index in [-0.39, 0.29) is 5.78 Å². The first kappa shape index (κ1) is 20.8. The summed E-state index contributed by atoms with van der Waals surface area (Å²) >= 11 is 1.61. The lowest BCUT2D eigenvalue weighted by Crippen LogP contribution is -2.35. The lowest BCUT2D eigenvalue weighted by molar-refractivity contribution is -0.113. The third kappa shape index (κ3) is 6.33. The van der Waals surface area contributed by atoms with Crippen LogP contribution < -0.4 is 5.73 Å². The third-order valence-electron chi connectivity index (χ3n) is 4.49. The van der Waals surface area contributed by atoms with E-state index in [1.807, 2.05) is 25.1 Å². The summed E-state index contributed by atoms with van der Waals surface area (Å²) in [7, 11) is 0. The molecule has 0 aliphatic heterocycles. The highest BCUT2D eigenvalue weighted by molar-refractivity contribution is 8.03. The molecular weight excluding hydrogens is 316 g/mol. The second kappa shape index (κ2) is 10.6. The average Bonchev–Trinajstić information content (AvgIpc) is 2.56. The summed E-state index contributed by atoms with van der Waals surface area (Å²) in [5.41, 5.74) is 8.22. The molecule has 0 saturated carbocycles. The Morgan fingerprint density at radius 2 is 1.83 bits per heavy atom. The van der Waals surface area contributed by atoms with Crippen molar-refractivity contribution in [1.29, 1.82) is 0 Å². The zero-order valence-electron chi connectivity index (χ0n) is 15.7. The van der Waals surface area contributed by atoms with Gasteiger partial charge in [-0.1, -0.05) is 57.5 Å². The lowest BCUT2D eigenvalue weighted by Gasteiger charge is -2.31. The highest BCUT2D eigenvalue weighted by atomic mass is 32.2. The van der Waals surface area contributed by atoms with Gasteiger partial charge in [0.05, 0.1) is 11.6 Å². The molecule has 24 heavy (non-hydrogen) atoms. The van der Waals surface area contributed by atoms with Gasteiger partial charge in [-0.25, -0.2) is 0 Å². The van der Waals surface area contributed by atoms with Crippen molar-refractivity contribution in [1.82, 2.24) is 4.90 Å². The summed E-state index contributed by atoms with van der Waals surface area (Å²) in [5.74, 6) is 2.10. The fraction of sp³-hybridized carbons (Fsp3) is 0.550. The zero-order chi connectivity index (χ0) is 18.1. The number of nitrogens with zero attached hydrogens (tertiary/aromatic N) is 1. The minimum Gasteiger partial charge on any atom is -0.361 e. The Kier molecular flexibility index (Phi) is 9.16. The highest BCUT2D eigenvalue weighted by Gasteiger charge is 2.19. The number of carbonyl (C=O) groups is 1. The Morgan fingerprint density at radius 3 is 2.29 bits per heavy atom. The van der Waals surface area contributed by atoms with Gasteiger partial charge in [0.2, 0.25) is 0 Å². The van der Waals surface area contributed by atoms with Crippen LogP contribution in [0.5, 0.6) is 0 Å². The van der Waals surface area contributed by atoms with Crippen LogP contribution in [0.4, 0.5) is 0 Å². The van der Waals surface area contributed by atoms with Crippen LogP contribution >= 0.6 is 11.8 Å². The second-order valence-electron chi connectivity index (χ2n) is 6.56. The molecule has 4 heteroatoms. The van der Waals surface area contributed by atoms with Gasteiger partial charge in [-0.3, -0.25) is 4.79 Å². The molecule has 2 N–H and O–H groups in total. The van der Waals surface area contributed by atoms with Crippen molar-refractivity contribution < 1.29 is 4.79 Å². The summed E-state index contributed by atoms with van der Waals surface area (Å²) in [5, 5.41) is 0. The van der Waals surface area contributed by atoms with Crippen molar-refractivity contribution in [2.75, 3.05) is 13.2 Å². The van der Waals surface area contributed by atoms with Crippen LogP contribution in [0.15, 0.2) is 40.9 Å². The SMILES string of the molecule is CCC(CN(CN)/C(C)=C(\SCc1ccccc1)C(C)=O)C(C)C. The number of ketones is 1. The minimum absolute atomic E-state index is 0.115. The van der Waals surface area contributed by atoms with Crippen LogP contribution in [0, 0.1) is 11.8 Å². The van der Waals surface area contributed by atoms with Gasteiger partial charge in [0.25, 0.3) is 0 Å². The summed E-state index contributed by atoms with van der Waals surface area (Å²) in [6, 6.07) is 10.2. The summed E-state index contributed by atoms with van der Waals surface area (Å²) < 4.78 is 0. The molecule has 0 amide bonds. The van der Waals surface area contributed by atoms with Crippen LogP contribution in [-0.4, -0.2) is 23.9 Å². The van der Waals surface area contributed by atoms with Gasteiger partial charge < -0.3 is 10.6 Å². The van der Waals surface area contributed by atoms with E-state index in [0.717, 1.165) is 29.3 Å². The third-order valence-corrected chi connectivity index (χ3v) is 5.84. The predicted octanol–water partition coefficient (Wildman–Crippen LogP) is 4.64. The molecule has 0 fully saturated rings. The monoisotopic (exact) mass is 348 g/mol. The van der Waals surface area contributed by atoms with Gasteiger partial charge >= 0.3 is 0 Å². The maximum absolute atomic E-state index is 12.2. The number of hydrogen-bond acceptors (Lipinski definition) is 4. The number of carbonyl (C=O) groups excluding carboxylic acids is 1. The van der Waals surface area contributed by atoms with E-state index in [1.165, 1.54) is 5.56 Å². The predicted molar refractivity (Wildman–Crippen MR) is 105 cm³/mol. The lowest BCUT2D eigenvalue weighted by atomic mass is 9.92. The molecule has 0 aliphatic rings. The van der Waals surface area contributed by atoms with Crippen molar-refractivity contribution in [2.24, 2.45) is 17.6 Å². The van der Waals surface area contributed by atoms with Gasteiger partial charge in [0.1, 0.15) is 0 Å². The van der Waals surface area contributed by atoms with E-state index in [9.17, 15) is 4.79 Å². The first-order valence-corrected chi connectivity index (χ1v) is 9.72.